The van der Waals surface area contributed by atoms with E-state index in [1.54, 1.807) is 11.0 Å². The number of likely N-dealkylation sites (tertiary alicyclic amines) is 1. The molecule has 182 valence electrons. The number of benzene rings is 2. The maximum absolute atomic E-state index is 13.2. The Morgan fingerprint density at radius 1 is 1.00 bits per heavy atom. The van der Waals surface area contributed by atoms with Gasteiger partial charge in [-0.25, -0.2) is 0 Å². The van der Waals surface area contributed by atoms with E-state index in [0.717, 1.165) is 51.7 Å². The number of nitrogens with zero attached hydrogens (tertiary/aromatic N) is 3. The Labute approximate surface area is 202 Å². The fourth-order valence-electron chi connectivity index (χ4n) is 5.53. The summed E-state index contributed by atoms with van der Waals surface area (Å²) in [6, 6.07) is 9.49. The maximum atomic E-state index is 13.2. The number of carbonyl (C=O) groups is 1. The highest BCUT2D eigenvalue weighted by molar-refractivity contribution is 5.97. The first-order valence-corrected chi connectivity index (χ1v) is 12.5. The van der Waals surface area contributed by atoms with Crippen LogP contribution in [0.15, 0.2) is 30.3 Å². The van der Waals surface area contributed by atoms with Crippen molar-refractivity contribution in [3.8, 4) is 11.5 Å². The predicted octanol–water partition coefficient (Wildman–Crippen LogP) is 2.71. The van der Waals surface area contributed by atoms with E-state index in [1.165, 1.54) is 29.3 Å². The van der Waals surface area contributed by atoms with E-state index in [0.29, 0.717) is 18.7 Å². The third kappa shape index (κ3) is 4.78. The summed E-state index contributed by atoms with van der Waals surface area (Å²) in [5.74, 6) is 0.490. The standard InChI is InChI=1S/C27H36N4O3/c1-18(2)23-10-24(26(33)11-25(23)32)27(34)31-16-21-4-3-19(9-22(21)17-31)12-30-14-20(15-30)13-29-7-5-28-6-8-29/h3-4,9-11,18,20,28,32-33H,5-8,12-17H2,1-2H3. The molecule has 0 radical (unpaired) electrons. The normalized spacial score (nSPS) is 19.4. The largest absolute Gasteiger partial charge is 0.508 e. The number of nitrogens with one attached hydrogen (secondary N) is 1. The van der Waals surface area contributed by atoms with Gasteiger partial charge in [-0.1, -0.05) is 32.0 Å². The molecule has 3 heterocycles. The number of hydrogen-bond donors (Lipinski definition) is 3. The van der Waals surface area contributed by atoms with Crippen molar-refractivity contribution in [3.63, 3.8) is 0 Å². The molecule has 7 nitrogen and oxygen atoms in total. The van der Waals surface area contributed by atoms with Crippen molar-refractivity contribution >= 4 is 5.91 Å². The van der Waals surface area contributed by atoms with Gasteiger partial charge in [0.1, 0.15) is 11.5 Å². The van der Waals surface area contributed by atoms with Crippen LogP contribution in [-0.2, 0) is 19.6 Å². The van der Waals surface area contributed by atoms with Crippen molar-refractivity contribution in [1.29, 1.82) is 0 Å². The zero-order valence-corrected chi connectivity index (χ0v) is 20.3. The molecule has 0 spiro atoms. The second-order valence-electron chi connectivity index (χ2n) is 10.5. The van der Waals surface area contributed by atoms with Gasteiger partial charge in [-0.3, -0.25) is 9.69 Å². The Kier molecular flexibility index (Phi) is 6.51. The lowest BCUT2D eigenvalue weighted by Gasteiger charge is -2.42. The molecule has 5 rings (SSSR count). The number of carbonyl (C=O) groups excluding carboxylic acids is 1. The third-order valence-corrected chi connectivity index (χ3v) is 7.44. The zero-order valence-electron chi connectivity index (χ0n) is 20.3. The zero-order chi connectivity index (χ0) is 23.8. The van der Waals surface area contributed by atoms with Gasteiger partial charge in [-0.05, 0) is 40.2 Å². The number of fused-ring (bicyclic) bond motifs is 1. The topological polar surface area (TPSA) is 79.3 Å². The Morgan fingerprint density at radius 2 is 1.74 bits per heavy atom. The number of hydrogen-bond acceptors (Lipinski definition) is 6. The van der Waals surface area contributed by atoms with E-state index in [1.807, 2.05) is 13.8 Å². The van der Waals surface area contributed by atoms with Crippen molar-refractivity contribution in [2.24, 2.45) is 5.92 Å². The molecule has 2 aromatic rings. The summed E-state index contributed by atoms with van der Waals surface area (Å²) in [7, 11) is 0. The van der Waals surface area contributed by atoms with Gasteiger partial charge in [0.2, 0.25) is 0 Å². The molecule has 3 aliphatic heterocycles. The summed E-state index contributed by atoms with van der Waals surface area (Å²) in [4.78, 5) is 20.1. The lowest BCUT2D eigenvalue weighted by atomic mass is 9.97. The molecule has 1 amide bonds. The molecule has 0 aliphatic carbocycles. The molecule has 0 unspecified atom stereocenters. The third-order valence-electron chi connectivity index (χ3n) is 7.44. The first-order valence-electron chi connectivity index (χ1n) is 12.5. The second kappa shape index (κ2) is 9.56. The molecule has 34 heavy (non-hydrogen) atoms. The van der Waals surface area contributed by atoms with Gasteiger partial charge in [0.15, 0.2) is 0 Å². The Balaban J connectivity index is 1.18. The molecular formula is C27H36N4O3. The molecule has 0 saturated carbocycles. The van der Waals surface area contributed by atoms with Gasteiger partial charge < -0.3 is 25.3 Å². The van der Waals surface area contributed by atoms with Gasteiger partial charge in [0, 0.05) is 71.5 Å². The van der Waals surface area contributed by atoms with Gasteiger partial charge >= 0.3 is 0 Å². The highest BCUT2D eigenvalue weighted by atomic mass is 16.3. The monoisotopic (exact) mass is 464 g/mol. The molecule has 3 aliphatic rings. The molecular weight excluding hydrogens is 428 g/mol. The molecule has 2 saturated heterocycles. The molecule has 0 bridgehead atoms. The SMILES string of the molecule is CC(C)c1cc(C(=O)N2Cc3ccc(CN4CC(CN5CCNCC5)C4)cc3C2)c(O)cc1O. The summed E-state index contributed by atoms with van der Waals surface area (Å²) in [6.45, 7) is 14.0. The van der Waals surface area contributed by atoms with Gasteiger partial charge in [-0.2, -0.15) is 0 Å². The molecule has 7 heteroatoms. The number of phenolic OH excluding ortho intramolecular Hbond substituents is 2. The van der Waals surface area contributed by atoms with E-state index >= 15 is 0 Å². The van der Waals surface area contributed by atoms with Crippen LogP contribution in [-0.4, -0.2) is 76.6 Å². The van der Waals surface area contributed by atoms with Crippen molar-refractivity contribution < 1.29 is 15.0 Å². The van der Waals surface area contributed by atoms with Gasteiger partial charge in [0.25, 0.3) is 5.91 Å². The van der Waals surface area contributed by atoms with Crippen LogP contribution in [0.3, 0.4) is 0 Å². The average molecular weight is 465 g/mol. The average Bonchev–Trinajstić information content (AvgIpc) is 3.21. The van der Waals surface area contributed by atoms with E-state index in [4.69, 9.17) is 0 Å². The van der Waals surface area contributed by atoms with E-state index in [9.17, 15) is 15.0 Å². The van der Waals surface area contributed by atoms with Crippen molar-refractivity contribution in [2.75, 3.05) is 45.8 Å². The van der Waals surface area contributed by atoms with Crippen LogP contribution in [0.1, 0.15) is 52.4 Å². The second-order valence-corrected chi connectivity index (χ2v) is 10.5. The number of phenols is 2. The van der Waals surface area contributed by atoms with Gasteiger partial charge in [0.05, 0.1) is 5.56 Å². The lowest BCUT2D eigenvalue weighted by molar-refractivity contribution is 0.0574. The highest BCUT2D eigenvalue weighted by Gasteiger charge is 2.30. The minimum Gasteiger partial charge on any atom is -0.508 e. The predicted molar refractivity (Wildman–Crippen MR) is 132 cm³/mol. The first-order chi connectivity index (χ1) is 16.4. The molecule has 3 N–H and O–H groups in total. The molecule has 2 aromatic carbocycles. The van der Waals surface area contributed by atoms with Crippen LogP contribution in [0, 0.1) is 5.92 Å². The number of aromatic hydroxyl groups is 2. The summed E-state index contributed by atoms with van der Waals surface area (Å²) in [5, 5.41) is 23.9. The van der Waals surface area contributed by atoms with Crippen LogP contribution in [0.5, 0.6) is 11.5 Å². The number of amides is 1. The summed E-state index contributed by atoms with van der Waals surface area (Å²) < 4.78 is 0. The van der Waals surface area contributed by atoms with Crippen LogP contribution < -0.4 is 5.32 Å². The van der Waals surface area contributed by atoms with Crippen LogP contribution in [0.4, 0.5) is 0 Å². The fourth-order valence-corrected chi connectivity index (χ4v) is 5.53. The van der Waals surface area contributed by atoms with Gasteiger partial charge in [-0.15, -0.1) is 0 Å². The Bertz CT molecular complexity index is 1060. The first kappa shape index (κ1) is 23.1. The minimum atomic E-state index is -0.198. The lowest BCUT2D eigenvalue weighted by Crippen LogP contribution is -2.53. The molecule has 0 atom stereocenters. The Morgan fingerprint density at radius 3 is 2.47 bits per heavy atom. The minimum absolute atomic E-state index is 0.0274. The number of piperazine rings is 1. The quantitative estimate of drug-likeness (QED) is 0.610. The van der Waals surface area contributed by atoms with Crippen LogP contribution in [0.2, 0.25) is 0 Å². The van der Waals surface area contributed by atoms with E-state index in [2.05, 4.69) is 33.3 Å². The van der Waals surface area contributed by atoms with Crippen molar-refractivity contribution in [2.45, 2.75) is 39.4 Å². The van der Waals surface area contributed by atoms with Crippen LogP contribution in [0.25, 0.3) is 0 Å². The number of rotatable bonds is 6. The summed E-state index contributed by atoms with van der Waals surface area (Å²) in [6.07, 6.45) is 0. The highest BCUT2D eigenvalue weighted by Crippen LogP contribution is 2.34. The Hall–Kier alpha value is -2.61. The molecule has 2 fully saturated rings. The fraction of sp³-hybridized carbons (Fsp3) is 0.519. The summed E-state index contributed by atoms with van der Waals surface area (Å²) >= 11 is 0. The van der Waals surface area contributed by atoms with E-state index < -0.39 is 0 Å². The summed E-state index contributed by atoms with van der Waals surface area (Å²) in [5.41, 5.74) is 4.57. The van der Waals surface area contributed by atoms with Crippen LogP contribution >= 0.6 is 0 Å². The van der Waals surface area contributed by atoms with Crippen molar-refractivity contribution in [1.82, 2.24) is 20.0 Å². The molecule has 0 aromatic heterocycles. The smallest absolute Gasteiger partial charge is 0.258 e. The van der Waals surface area contributed by atoms with Crippen molar-refractivity contribution in [3.05, 3.63) is 58.1 Å². The maximum Gasteiger partial charge on any atom is 0.258 e. The van der Waals surface area contributed by atoms with E-state index in [-0.39, 0.29) is 28.9 Å².